The molecule has 2 rings (SSSR count). The number of halogens is 3. The van der Waals surface area contributed by atoms with E-state index in [1.54, 1.807) is 0 Å². The first-order chi connectivity index (χ1) is 8.05. The minimum Gasteiger partial charge on any atom is -0.322 e. The molecule has 0 unspecified atom stereocenters. The van der Waals surface area contributed by atoms with Gasteiger partial charge in [-0.05, 0) is 6.07 Å². The fraction of sp³-hybridized carbons (Fsp3) is 0.111. The Morgan fingerprint density at radius 2 is 1.88 bits per heavy atom. The smallest absolute Gasteiger partial charge is 0.322 e. The first-order valence-corrected chi connectivity index (χ1v) is 4.48. The van der Waals surface area contributed by atoms with E-state index in [0.29, 0.717) is 12.0 Å². The van der Waals surface area contributed by atoms with Crippen molar-refractivity contribution in [2.75, 3.05) is 5.32 Å². The number of nitrogens with zero attached hydrogens (tertiary/aromatic N) is 4. The molecule has 0 aliphatic carbocycles. The molecular formula is C9H6F3N5. The summed E-state index contributed by atoms with van der Waals surface area (Å²) in [6.45, 7) is 0. The van der Waals surface area contributed by atoms with Crippen LogP contribution in [0.25, 0.3) is 0 Å². The molecule has 1 N–H and O–H groups in total. The van der Waals surface area contributed by atoms with Gasteiger partial charge in [-0.25, -0.2) is 4.98 Å². The molecule has 5 nitrogen and oxygen atoms in total. The van der Waals surface area contributed by atoms with Crippen molar-refractivity contribution in [1.82, 2.24) is 20.2 Å². The zero-order valence-corrected chi connectivity index (χ0v) is 8.31. The monoisotopic (exact) mass is 241 g/mol. The van der Waals surface area contributed by atoms with Gasteiger partial charge in [0.1, 0.15) is 5.82 Å². The Labute approximate surface area is 93.7 Å². The van der Waals surface area contributed by atoms with Gasteiger partial charge in [-0.15, -0.1) is 5.10 Å². The van der Waals surface area contributed by atoms with Crippen LogP contribution in [-0.2, 0) is 6.18 Å². The van der Waals surface area contributed by atoms with E-state index in [2.05, 4.69) is 25.5 Å². The number of hydrogen-bond donors (Lipinski definition) is 1. The Bertz CT molecular complexity index is 499. The largest absolute Gasteiger partial charge is 0.418 e. The van der Waals surface area contributed by atoms with Crippen LogP contribution in [-0.4, -0.2) is 20.2 Å². The Balaban J connectivity index is 2.23. The second-order valence-electron chi connectivity index (χ2n) is 3.04. The van der Waals surface area contributed by atoms with Crippen molar-refractivity contribution in [3.05, 3.63) is 36.4 Å². The van der Waals surface area contributed by atoms with Gasteiger partial charge in [0.2, 0.25) is 0 Å². The topological polar surface area (TPSA) is 63.6 Å². The average Bonchev–Trinajstić information content (AvgIpc) is 2.29. The van der Waals surface area contributed by atoms with Crippen molar-refractivity contribution in [2.45, 2.75) is 6.18 Å². The fourth-order valence-corrected chi connectivity index (χ4v) is 1.08. The number of hydrogen-bond acceptors (Lipinski definition) is 5. The predicted molar refractivity (Wildman–Crippen MR) is 52.3 cm³/mol. The highest BCUT2D eigenvalue weighted by atomic mass is 19.4. The molecule has 2 heterocycles. The Morgan fingerprint density at radius 1 is 1.06 bits per heavy atom. The molecule has 0 aromatic carbocycles. The number of aromatic nitrogens is 4. The van der Waals surface area contributed by atoms with E-state index in [1.165, 1.54) is 18.6 Å². The van der Waals surface area contributed by atoms with E-state index >= 15 is 0 Å². The summed E-state index contributed by atoms with van der Waals surface area (Å²) in [5.41, 5.74) is -0.876. The van der Waals surface area contributed by atoms with Crippen LogP contribution in [0.3, 0.4) is 0 Å². The lowest BCUT2D eigenvalue weighted by molar-refractivity contribution is -0.137. The van der Waals surface area contributed by atoms with Crippen LogP contribution < -0.4 is 5.32 Å². The molecule has 0 amide bonds. The maximum absolute atomic E-state index is 12.4. The van der Waals surface area contributed by atoms with E-state index in [9.17, 15) is 13.2 Å². The molecule has 0 saturated carbocycles. The van der Waals surface area contributed by atoms with Gasteiger partial charge >= 0.3 is 6.18 Å². The quantitative estimate of drug-likeness (QED) is 0.871. The average molecular weight is 241 g/mol. The number of anilines is 2. The van der Waals surface area contributed by atoms with E-state index in [4.69, 9.17) is 0 Å². The number of rotatable bonds is 2. The molecule has 0 bridgehead atoms. The van der Waals surface area contributed by atoms with Crippen LogP contribution in [0.5, 0.6) is 0 Å². The molecule has 0 fully saturated rings. The second-order valence-corrected chi connectivity index (χ2v) is 3.04. The molecule has 0 aliphatic rings. The van der Waals surface area contributed by atoms with Gasteiger partial charge in [-0.3, -0.25) is 4.98 Å². The maximum Gasteiger partial charge on any atom is 0.418 e. The molecule has 0 atom stereocenters. The molecule has 0 radical (unpaired) electrons. The first-order valence-electron chi connectivity index (χ1n) is 4.48. The minimum atomic E-state index is -4.45. The zero-order chi connectivity index (χ0) is 12.3. The van der Waals surface area contributed by atoms with E-state index < -0.39 is 11.7 Å². The normalized spacial score (nSPS) is 11.2. The van der Waals surface area contributed by atoms with Crippen LogP contribution in [0.2, 0.25) is 0 Å². The molecule has 0 spiro atoms. The van der Waals surface area contributed by atoms with Gasteiger partial charge in [0.25, 0.3) is 0 Å². The SMILES string of the molecule is FC(F)(F)c1cnnc(Nc2cnccn2)c1. The number of nitrogens with one attached hydrogen (secondary N) is 1. The van der Waals surface area contributed by atoms with Gasteiger partial charge in [0, 0.05) is 12.4 Å². The Morgan fingerprint density at radius 3 is 2.53 bits per heavy atom. The van der Waals surface area contributed by atoms with E-state index in [1.807, 2.05) is 0 Å². The predicted octanol–water partition coefficient (Wildman–Crippen LogP) is 2.03. The third-order valence-corrected chi connectivity index (χ3v) is 1.80. The van der Waals surface area contributed by atoms with E-state index in [0.717, 1.165) is 6.07 Å². The third kappa shape index (κ3) is 2.86. The van der Waals surface area contributed by atoms with Crippen molar-refractivity contribution in [2.24, 2.45) is 0 Å². The highest BCUT2D eigenvalue weighted by molar-refractivity contribution is 5.50. The summed E-state index contributed by atoms with van der Waals surface area (Å²) in [5.74, 6) is 0.251. The van der Waals surface area contributed by atoms with Crippen molar-refractivity contribution in [1.29, 1.82) is 0 Å². The maximum atomic E-state index is 12.4. The summed E-state index contributed by atoms with van der Waals surface area (Å²) < 4.78 is 37.1. The molecule has 2 aromatic heterocycles. The van der Waals surface area contributed by atoms with Crippen molar-refractivity contribution >= 4 is 11.6 Å². The minimum absolute atomic E-state index is 0.0414. The van der Waals surface area contributed by atoms with Gasteiger partial charge in [-0.2, -0.15) is 18.3 Å². The lowest BCUT2D eigenvalue weighted by Gasteiger charge is -2.07. The fourth-order valence-electron chi connectivity index (χ4n) is 1.08. The third-order valence-electron chi connectivity index (χ3n) is 1.80. The molecule has 2 aromatic rings. The lowest BCUT2D eigenvalue weighted by atomic mass is 10.3. The molecule has 0 aliphatic heterocycles. The summed E-state index contributed by atoms with van der Waals surface area (Å²) in [6, 6.07) is 0.849. The van der Waals surface area contributed by atoms with Gasteiger partial charge < -0.3 is 5.32 Å². The van der Waals surface area contributed by atoms with Crippen molar-refractivity contribution in [3.63, 3.8) is 0 Å². The standard InChI is InChI=1S/C9H6F3N5/c10-9(11,12)6-3-7(17-15-4-6)16-8-5-13-1-2-14-8/h1-5H,(H,14,16,17). The van der Waals surface area contributed by atoms with E-state index in [-0.39, 0.29) is 5.82 Å². The summed E-state index contributed by atoms with van der Waals surface area (Å²) in [6.07, 6.45) is 0.422. The van der Waals surface area contributed by atoms with Crippen molar-refractivity contribution in [3.8, 4) is 0 Å². The Kier molecular flexibility index (Phi) is 2.86. The van der Waals surface area contributed by atoms with Crippen molar-refractivity contribution < 1.29 is 13.2 Å². The summed E-state index contributed by atoms with van der Waals surface area (Å²) in [7, 11) is 0. The van der Waals surface area contributed by atoms with Crippen LogP contribution in [0.1, 0.15) is 5.56 Å². The van der Waals surface area contributed by atoms with Crippen LogP contribution in [0, 0.1) is 0 Å². The van der Waals surface area contributed by atoms with Crippen LogP contribution >= 0.6 is 0 Å². The summed E-state index contributed by atoms with van der Waals surface area (Å²) in [4.78, 5) is 7.60. The Hall–Kier alpha value is -2.25. The molecular weight excluding hydrogens is 235 g/mol. The molecule has 8 heteroatoms. The lowest BCUT2D eigenvalue weighted by Crippen LogP contribution is -2.07. The van der Waals surface area contributed by atoms with Gasteiger partial charge in [-0.1, -0.05) is 0 Å². The first kappa shape index (κ1) is 11.2. The summed E-state index contributed by atoms with van der Waals surface area (Å²) in [5, 5.41) is 9.36. The molecule has 17 heavy (non-hydrogen) atoms. The second kappa shape index (κ2) is 4.32. The highest BCUT2D eigenvalue weighted by Gasteiger charge is 2.31. The number of alkyl halides is 3. The van der Waals surface area contributed by atoms with Gasteiger partial charge in [0.15, 0.2) is 5.82 Å². The van der Waals surface area contributed by atoms with Crippen LogP contribution in [0.15, 0.2) is 30.9 Å². The molecule has 88 valence electrons. The zero-order valence-electron chi connectivity index (χ0n) is 8.31. The highest BCUT2D eigenvalue weighted by Crippen LogP contribution is 2.29. The van der Waals surface area contributed by atoms with Gasteiger partial charge in [0.05, 0.1) is 18.0 Å². The van der Waals surface area contributed by atoms with Crippen LogP contribution in [0.4, 0.5) is 24.8 Å². The summed E-state index contributed by atoms with van der Waals surface area (Å²) >= 11 is 0. The molecule has 0 saturated heterocycles.